The van der Waals surface area contributed by atoms with Crippen LogP contribution in [0.25, 0.3) is 21.8 Å². The standard InChI is InChI=1S/C16H18N4O3S/c1-24(21,22)23-20-16-11(10-18-20)6-7-13-15(16)14(8-9-17-13)19-12-4-2-3-5-12/h6-10,12H,2-5H2,1H3,(H,17,19). The van der Waals surface area contributed by atoms with Crippen LogP contribution in [0.2, 0.25) is 0 Å². The molecule has 1 N–H and O–H groups in total. The van der Waals surface area contributed by atoms with Gasteiger partial charge < -0.3 is 5.32 Å². The van der Waals surface area contributed by atoms with Crippen LogP contribution in [0.4, 0.5) is 5.69 Å². The highest BCUT2D eigenvalue weighted by atomic mass is 32.2. The van der Waals surface area contributed by atoms with Crippen molar-refractivity contribution in [3.05, 3.63) is 30.6 Å². The molecular weight excluding hydrogens is 328 g/mol. The van der Waals surface area contributed by atoms with E-state index >= 15 is 0 Å². The number of aromatic nitrogens is 3. The van der Waals surface area contributed by atoms with Gasteiger partial charge in [-0.1, -0.05) is 17.7 Å². The summed E-state index contributed by atoms with van der Waals surface area (Å²) in [4.78, 5) is 5.46. The van der Waals surface area contributed by atoms with Crippen LogP contribution in [-0.4, -0.2) is 35.6 Å². The summed E-state index contributed by atoms with van der Waals surface area (Å²) in [5, 5.41) is 9.26. The van der Waals surface area contributed by atoms with Crippen LogP contribution < -0.4 is 9.60 Å². The molecule has 0 amide bonds. The minimum Gasteiger partial charge on any atom is -0.382 e. The van der Waals surface area contributed by atoms with Crippen LogP contribution in [0.1, 0.15) is 25.7 Å². The van der Waals surface area contributed by atoms with Gasteiger partial charge in [0.05, 0.1) is 23.4 Å². The molecule has 0 atom stereocenters. The van der Waals surface area contributed by atoms with E-state index < -0.39 is 10.1 Å². The van der Waals surface area contributed by atoms with Gasteiger partial charge in [-0.2, -0.15) is 8.42 Å². The molecule has 0 aliphatic heterocycles. The lowest BCUT2D eigenvalue weighted by molar-refractivity contribution is 0.256. The van der Waals surface area contributed by atoms with Crippen molar-refractivity contribution in [2.45, 2.75) is 31.7 Å². The van der Waals surface area contributed by atoms with Crippen molar-refractivity contribution in [1.82, 2.24) is 14.9 Å². The maximum absolute atomic E-state index is 11.5. The highest BCUT2D eigenvalue weighted by Gasteiger charge is 2.19. The van der Waals surface area contributed by atoms with E-state index in [0.717, 1.165) is 45.9 Å². The van der Waals surface area contributed by atoms with Crippen molar-refractivity contribution in [2.75, 3.05) is 11.6 Å². The van der Waals surface area contributed by atoms with E-state index in [-0.39, 0.29) is 0 Å². The number of anilines is 1. The average Bonchev–Trinajstić information content (AvgIpc) is 3.16. The molecule has 7 nitrogen and oxygen atoms in total. The summed E-state index contributed by atoms with van der Waals surface area (Å²) in [6, 6.07) is 6.11. The van der Waals surface area contributed by atoms with E-state index in [4.69, 9.17) is 4.28 Å². The third-order valence-corrected chi connectivity index (χ3v) is 4.74. The Labute approximate surface area is 139 Å². The monoisotopic (exact) mass is 346 g/mol. The van der Waals surface area contributed by atoms with Gasteiger partial charge in [0.2, 0.25) is 0 Å². The summed E-state index contributed by atoms with van der Waals surface area (Å²) in [6.45, 7) is 0. The number of fused-ring (bicyclic) bond motifs is 3. The van der Waals surface area contributed by atoms with E-state index in [1.807, 2.05) is 18.2 Å². The van der Waals surface area contributed by atoms with Crippen molar-refractivity contribution in [1.29, 1.82) is 0 Å². The zero-order valence-corrected chi connectivity index (χ0v) is 14.1. The summed E-state index contributed by atoms with van der Waals surface area (Å²) >= 11 is 0. The Morgan fingerprint density at radius 3 is 2.79 bits per heavy atom. The molecule has 3 aromatic rings. The summed E-state index contributed by atoms with van der Waals surface area (Å²) in [5.74, 6) is 0. The van der Waals surface area contributed by atoms with Crippen LogP contribution in [0, 0.1) is 0 Å². The van der Waals surface area contributed by atoms with E-state index in [2.05, 4.69) is 15.4 Å². The largest absolute Gasteiger partial charge is 0.382 e. The van der Waals surface area contributed by atoms with Gasteiger partial charge in [-0.05, 0) is 31.0 Å². The molecule has 1 fully saturated rings. The van der Waals surface area contributed by atoms with Gasteiger partial charge in [-0.25, -0.2) is 0 Å². The lowest BCUT2D eigenvalue weighted by Crippen LogP contribution is -2.20. The second-order valence-corrected chi connectivity index (χ2v) is 7.74. The van der Waals surface area contributed by atoms with Crippen LogP contribution in [0.3, 0.4) is 0 Å². The predicted octanol–water partition coefficient (Wildman–Crippen LogP) is 2.33. The van der Waals surface area contributed by atoms with E-state index in [1.54, 1.807) is 12.4 Å². The molecule has 0 radical (unpaired) electrons. The van der Waals surface area contributed by atoms with Gasteiger partial charge in [-0.3, -0.25) is 9.27 Å². The smallest absolute Gasteiger partial charge is 0.325 e. The third-order valence-electron chi connectivity index (χ3n) is 4.33. The van der Waals surface area contributed by atoms with E-state index in [9.17, 15) is 8.42 Å². The number of hydrogen-bond donors (Lipinski definition) is 1. The van der Waals surface area contributed by atoms with Gasteiger partial charge in [0.25, 0.3) is 0 Å². The van der Waals surface area contributed by atoms with Crippen LogP contribution >= 0.6 is 0 Å². The Morgan fingerprint density at radius 2 is 2.04 bits per heavy atom. The number of nitrogens with one attached hydrogen (secondary N) is 1. The Morgan fingerprint density at radius 1 is 1.25 bits per heavy atom. The van der Waals surface area contributed by atoms with Gasteiger partial charge in [0, 0.05) is 23.3 Å². The van der Waals surface area contributed by atoms with Crippen molar-refractivity contribution in [3.8, 4) is 0 Å². The molecule has 1 aliphatic carbocycles. The summed E-state index contributed by atoms with van der Waals surface area (Å²) in [5.41, 5.74) is 2.30. The topological polar surface area (TPSA) is 86.1 Å². The predicted molar refractivity (Wildman–Crippen MR) is 92.3 cm³/mol. The quantitative estimate of drug-likeness (QED) is 0.780. The van der Waals surface area contributed by atoms with Crippen molar-refractivity contribution in [2.24, 2.45) is 0 Å². The molecule has 4 rings (SSSR count). The molecule has 0 saturated heterocycles. The second-order valence-electron chi connectivity index (χ2n) is 6.18. The molecule has 2 aromatic heterocycles. The maximum atomic E-state index is 11.5. The number of rotatable bonds is 4. The van der Waals surface area contributed by atoms with Gasteiger partial charge >= 0.3 is 10.1 Å². The first-order valence-corrected chi connectivity index (χ1v) is 9.75. The minimum absolute atomic E-state index is 0.429. The third kappa shape index (κ3) is 2.77. The van der Waals surface area contributed by atoms with E-state index in [0.29, 0.717) is 11.6 Å². The van der Waals surface area contributed by atoms with Gasteiger partial charge in [0.1, 0.15) is 5.52 Å². The molecule has 24 heavy (non-hydrogen) atoms. The zero-order chi connectivity index (χ0) is 16.7. The first-order chi connectivity index (χ1) is 11.5. The highest BCUT2D eigenvalue weighted by Crippen LogP contribution is 2.32. The lowest BCUT2D eigenvalue weighted by atomic mass is 10.1. The normalized spacial score (nSPS) is 16.0. The van der Waals surface area contributed by atoms with Crippen LogP contribution in [-0.2, 0) is 10.1 Å². The van der Waals surface area contributed by atoms with Crippen LogP contribution in [0.5, 0.6) is 0 Å². The molecule has 0 unspecified atom stereocenters. The van der Waals surface area contributed by atoms with Crippen molar-refractivity contribution < 1.29 is 12.7 Å². The average molecular weight is 346 g/mol. The van der Waals surface area contributed by atoms with Gasteiger partial charge in [-0.15, -0.1) is 5.10 Å². The first-order valence-electron chi connectivity index (χ1n) is 7.93. The Hall–Kier alpha value is -2.35. The Balaban J connectivity index is 1.92. The number of pyridine rings is 1. The molecule has 8 heteroatoms. The first kappa shape index (κ1) is 15.2. The lowest BCUT2D eigenvalue weighted by Gasteiger charge is -2.16. The Kier molecular flexibility index (Phi) is 3.56. The highest BCUT2D eigenvalue weighted by molar-refractivity contribution is 7.86. The second kappa shape index (κ2) is 5.62. The molecular formula is C16H18N4O3S. The number of benzene rings is 1. The molecule has 126 valence electrons. The zero-order valence-electron chi connectivity index (χ0n) is 13.3. The fourth-order valence-corrected chi connectivity index (χ4v) is 3.69. The molecule has 0 bridgehead atoms. The van der Waals surface area contributed by atoms with Crippen LogP contribution in [0.15, 0.2) is 30.6 Å². The van der Waals surface area contributed by atoms with Crippen molar-refractivity contribution in [3.63, 3.8) is 0 Å². The summed E-state index contributed by atoms with van der Waals surface area (Å²) in [7, 11) is -3.68. The SMILES string of the molecule is CS(=O)(=O)On1ncc2ccc3nccc(NC4CCCC4)c3c21. The summed E-state index contributed by atoms with van der Waals surface area (Å²) < 4.78 is 28.1. The van der Waals surface area contributed by atoms with Gasteiger partial charge in [0.15, 0.2) is 0 Å². The number of nitrogens with zero attached hydrogens (tertiary/aromatic N) is 3. The van der Waals surface area contributed by atoms with Crippen molar-refractivity contribution >= 4 is 37.6 Å². The molecule has 1 aliphatic rings. The minimum atomic E-state index is -3.68. The molecule has 1 saturated carbocycles. The summed E-state index contributed by atoms with van der Waals surface area (Å²) in [6.07, 6.45) is 9.08. The molecule has 1 aromatic carbocycles. The fraction of sp³-hybridized carbons (Fsp3) is 0.375. The van der Waals surface area contributed by atoms with E-state index in [1.165, 1.54) is 12.8 Å². The Bertz CT molecular complexity index is 1010. The molecule has 2 heterocycles. The number of hydrogen-bond acceptors (Lipinski definition) is 6. The molecule has 0 spiro atoms. The fourth-order valence-electron chi connectivity index (χ4n) is 3.32. The maximum Gasteiger partial charge on any atom is 0.325 e.